The standard InChI is InChI=1S/C21H12BrClN4O3/c22-18-15(23)6-5-14-13(9-25-19(14)18)7-16-20(29)27(21(30)26-16)17(10-28)12-3-1-11(8-24)2-4-12/h1-7,9-10,17,29H,(H,26,30)/b13-7+. The van der Waals surface area contributed by atoms with Crippen molar-refractivity contribution in [2.24, 2.45) is 4.99 Å². The molecule has 0 saturated carbocycles. The van der Waals surface area contributed by atoms with Crippen LogP contribution in [0.4, 0.5) is 5.69 Å². The minimum absolute atomic E-state index is 0.140. The molecular weight excluding hydrogens is 472 g/mol. The summed E-state index contributed by atoms with van der Waals surface area (Å²) in [5.41, 5.74) is 2.47. The maximum atomic E-state index is 12.5. The fraction of sp³-hybridized carbons (Fsp3) is 0.0476. The lowest BCUT2D eigenvalue weighted by molar-refractivity contribution is -0.109. The summed E-state index contributed by atoms with van der Waals surface area (Å²) in [6.07, 6.45) is 3.72. The zero-order chi connectivity index (χ0) is 21.4. The number of aromatic amines is 1. The number of imidazole rings is 1. The van der Waals surface area contributed by atoms with E-state index in [-0.39, 0.29) is 11.6 Å². The smallest absolute Gasteiger partial charge is 0.329 e. The molecule has 0 amide bonds. The number of nitriles is 1. The molecule has 148 valence electrons. The second-order valence-corrected chi connectivity index (χ2v) is 7.67. The summed E-state index contributed by atoms with van der Waals surface area (Å²) in [5.74, 6) is -0.385. The Morgan fingerprint density at radius 3 is 2.67 bits per heavy atom. The van der Waals surface area contributed by atoms with Gasteiger partial charge in [0, 0.05) is 17.4 Å². The molecule has 0 fully saturated rings. The van der Waals surface area contributed by atoms with E-state index in [0.29, 0.717) is 38.2 Å². The van der Waals surface area contributed by atoms with E-state index in [9.17, 15) is 14.7 Å². The molecule has 4 rings (SSSR count). The molecule has 3 aromatic rings. The molecule has 1 aliphatic rings. The molecule has 1 aliphatic heterocycles. The maximum absolute atomic E-state index is 12.5. The summed E-state index contributed by atoms with van der Waals surface area (Å²) in [4.78, 5) is 31.2. The third-order valence-corrected chi connectivity index (χ3v) is 6.08. The number of nitrogens with zero attached hydrogens (tertiary/aromatic N) is 3. The van der Waals surface area contributed by atoms with E-state index in [1.165, 1.54) is 0 Å². The number of hydrogen-bond acceptors (Lipinski definition) is 5. The molecule has 1 aromatic heterocycles. The topological polar surface area (TPSA) is 111 Å². The fourth-order valence-electron chi connectivity index (χ4n) is 3.23. The van der Waals surface area contributed by atoms with Crippen molar-refractivity contribution in [2.45, 2.75) is 6.04 Å². The van der Waals surface area contributed by atoms with Crippen LogP contribution < -0.4 is 5.69 Å². The van der Waals surface area contributed by atoms with Crippen LogP contribution in [0.25, 0.3) is 11.6 Å². The molecule has 0 spiro atoms. The van der Waals surface area contributed by atoms with Crippen molar-refractivity contribution < 1.29 is 9.90 Å². The highest BCUT2D eigenvalue weighted by Crippen LogP contribution is 2.42. The van der Waals surface area contributed by atoms with Crippen molar-refractivity contribution in [2.75, 3.05) is 0 Å². The highest BCUT2D eigenvalue weighted by Gasteiger charge is 2.23. The zero-order valence-electron chi connectivity index (χ0n) is 15.1. The van der Waals surface area contributed by atoms with Gasteiger partial charge in [-0.25, -0.2) is 9.36 Å². The van der Waals surface area contributed by atoms with Gasteiger partial charge < -0.3 is 14.9 Å². The van der Waals surface area contributed by atoms with Crippen molar-refractivity contribution >= 4 is 57.4 Å². The summed E-state index contributed by atoms with van der Waals surface area (Å²) in [6.45, 7) is 0. The van der Waals surface area contributed by atoms with E-state index in [2.05, 4.69) is 25.9 Å². The lowest BCUT2D eigenvalue weighted by atomic mass is 10.1. The summed E-state index contributed by atoms with van der Waals surface area (Å²) in [7, 11) is 0. The number of hydrogen-bond donors (Lipinski definition) is 2. The van der Waals surface area contributed by atoms with Crippen LogP contribution in [0.15, 0.2) is 50.7 Å². The van der Waals surface area contributed by atoms with Gasteiger partial charge in [-0.1, -0.05) is 29.8 Å². The first-order valence-corrected chi connectivity index (χ1v) is 9.84. The Hall–Kier alpha value is -3.41. The van der Waals surface area contributed by atoms with Gasteiger partial charge in [0.25, 0.3) is 0 Å². The van der Waals surface area contributed by atoms with Crippen molar-refractivity contribution in [3.8, 4) is 11.9 Å². The van der Waals surface area contributed by atoms with Gasteiger partial charge in [0.2, 0.25) is 5.88 Å². The average molecular weight is 484 g/mol. The summed E-state index contributed by atoms with van der Waals surface area (Å²) >= 11 is 9.49. The van der Waals surface area contributed by atoms with E-state index < -0.39 is 11.7 Å². The predicted octanol–water partition coefficient (Wildman–Crippen LogP) is 4.21. The molecule has 30 heavy (non-hydrogen) atoms. The molecule has 2 N–H and O–H groups in total. The lowest BCUT2D eigenvalue weighted by Crippen LogP contribution is -2.23. The highest BCUT2D eigenvalue weighted by molar-refractivity contribution is 9.10. The Morgan fingerprint density at radius 2 is 2.00 bits per heavy atom. The van der Waals surface area contributed by atoms with Crippen molar-refractivity contribution in [3.63, 3.8) is 0 Å². The third-order valence-electron chi connectivity index (χ3n) is 4.73. The van der Waals surface area contributed by atoms with Crippen LogP contribution in [0, 0.1) is 11.3 Å². The van der Waals surface area contributed by atoms with Crippen molar-refractivity contribution in [3.05, 3.63) is 78.8 Å². The van der Waals surface area contributed by atoms with Gasteiger partial charge >= 0.3 is 5.69 Å². The zero-order valence-corrected chi connectivity index (χ0v) is 17.5. The summed E-state index contributed by atoms with van der Waals surface area (Å²) in [6, 6.07) is 10.7. The molecule has 2 heterocycles. The molecule has 9 heteroatoms. The number of H-pyrrole nitrogens is 1. The number of aldehydes is 1. The number of carbonyl (C=O) groups excluding carboxylic acids is 1. The first kappa shape index (κ1) is 19.9. The lowest BCUT2D eigenvalue weighted by Gasteiger charge is -2.12. The SMILES string of the molecule is N#Cc1ccc(C(C=O)n2c(O)c(/C=C3\C=Nc4c3ccc(Cl)c4Br)[nH]c2=O)cc1. The summed E-state index contributed by atoms with van der Waals surface area (Å²) < 4.78 is 1.62. The number of fused-ring (bicyclic) bond motifs is 1. The summed E-state index contributed by atoms with van der Waals surface area (Å²) in [5, 5.41) is 20.1. The van der Waals surface area contributed by atoms with E-state index in [0.717, 1.165) is 10.1 Å². The van der Waals surface area contributed by atoms with Gasteiger partial charge in [-0.2, -0.15) is 5.26 Å². The van der Waals surface area contributed by atoms with Crippen LogP contribution in [0.2, 0.25) is 5.02 Å². The van der Waals surface area contributed by atoms with E-state index >= 15 is 0 Å². The predicted molar refractivity (Wildman–Crippen MR) is 117 cm³/mol. The Balaban J connectivity index is 1.77. The molecule has 1 atom stereocenters. The molecule has 7 nitrogen and oxygen atoms in total. The monoisotopic (exact) mass is 482 g/mol. The molecule has 1 unspecified atom stereocenters. The molecule has 0 saturated heterocycles. The van der Waals surface area contributed by atoms with Crippen LogP contribution in [0.1, 0.15) is 28.4 Å². The number of nitrogens with one attached hydrogen (secondary N) is 1. The number of rotatable bonds is 4. The van der Waals surface area contributed by atoms with Crippen LogP contribution in [-0.2, 0) is 4.79 Å². The number of aromatic nitrogens is 2. The van der Waals surface area contributed by atoms with Crippen LogP contribution in [-0.4, -0.2) is 27.2 Å². The normalized spacial score (nSPS) is 14.5. The molecular formula is C21H12BrClN4O3. The third kappa shape index (κ3) is 3.28. The Morgan fingerprint density at radius 1 is 1.27 bits per heavy atom. The largest absolute Gasteiger partial charge is 0.493 e. The number of benzene rings is 2. The maximum Gasteiger partial charge on any atom is 0.329 e. The van der Waals surface area contributed by atoms with Crippen molar-refractivity contribution in [1.82, 2.24) is 9.55 Å². The van der Waals surface area contributed by atoms with Gasteiger partial charge in [-0.3, -0.25) is 4.99 Å². The second-order valence-electron chi connectivity index (χ2n) is 6.47. The van der Waals surface area contributed by atoms with Crippen LogP contribution >= 0.6 is 27.5 Å². The fourth-order valence-corrected chi connectivity index (χ4v) is 3.83. The number of allylic oxidation sites excluding steroid dienone is 1. The van der Waals surface area contributed by atoms with Crippen molar-refractivity contribution in [1.29, 1.82) is 5.26 Å². The van der Waals surface area contributed by atoms with Gasteiger partial charge in [-0.15, -0.1) is 0 Å². The number of carbonyl (C=O) groups is 1. The van der Waals surface area contributed by atoms with Crippen LogP contribution in [0.3, 0.4) is 0 Å². The van der Waals surface area contributed by atoms with E-state index in [1.807, 2.05) is 6.07 Å². The van der Waals surface area contributed by atoms with Gasteiger partial charge in [0.1, 0.15) is 18.0 Å². The molecule has 0 radical (unpaired) electrons. The van der Waals surface area contributed by atoms with Crippen LogP contribution in [0.5, 0.6) is 5.88 Å². The number of aromatic hydroxyl groups is 1. The van der Waals surface area contributed by atoms with E-state index in [4.69, 9.17) is 16.9 Å². The Labute approximate surface area is 183 Å². The molecule has 2 aromatic carbocycles. The number of aliphatic imine (C=N–C) groups is 1. The minimum atomic E-state index is -1.05. The minimum Gasteiger partial charge on any atom is -0.493 e. The number of halogens is 2. The highest BCUT2D eigenvalue weighted by atomic mass is 79.9. The van der Waals surface area contributed by atoms with Gasteiger partial charge in [0.05, 0.1) is 26.8 Å². The van der Waals surface area contributed by atoms with E-state index in [1.54, 1.807) is 48.7 Å². The van der Waals surface area contributed by atoms with Gasteiger partial charge in [-0.05, 0) is 45.8 Å². The molecule has 0 bridgehead atoms. The second kappa shape index (κ2) is 7.78. The first-order valence-electron chi connectivity index (χ1n) is 8.67. The quantitative estimate of drug-likeness (QED) is 0.541. The first-order chi connectivity index (χ1) is 14.4. The molecule has 0 aliphatic carbocycles. The Bertz CT molecular complexity index is 1330. The Kier molecular flexibility index (Phi) is 5.16. The average Bonchev–Trinajstić information content (AvgIpc) is 3.28. The van der Waals surface area contributed by atoms with Gasteiger partial charge in [0.15, 0.2) is 0 Å².